The summed E-state index contributed by atoms with van der Waals surface area (Å²) in [6, 6.07) is 12.0. The quantitative estimate of drug-likeness (QED) is 0.710. The van der Waals surface area contributed by atoms with Gasteiger partial charge in [-0.1, -0.05) is 29.8 Å². The van der Waals surface area contributed by atoms with Crippen molar-refractivity contribution in [2.24, 2.45) is 0 Å². The van der Waals surface area contributed by atoms with E-state index in [4.69, 9.17) is 0 Å². The third-order valence-corrected chi connectivity index (χ3v) is 2.69. The Labute approximate surface area is 99.9 Å². The molecule has 86 valence electrons. The van der Waals surface area contributed by atoms with E-state index in [1.165, 1.54) is 25.1 Å². The SMILES string of the molecule is CC(=O)c1ccc(F)cc1-c1cccc(C)c1. The van der Waals surface area contributed by atoms with Crippen molar-refractivity contribution in [3.8, 4) is 11.1 Å². The highest BCUT2D eigenvalue weighted by Gasteiger charge is 2.10. The molecule has 2 heteroatoms. The van der Waals surface area contributed by atoms with Crippen molar-refractivity contribution < 1.29 is 9.18 Å². The lowest BCUT2D eigenvalue weighted by molar-refractivity contribution is 0.101. The molecular weight excluding hydrogens is 215 g/mol. The Hall–Kier alpha value is -1.96. The summed E-state index contributed by atoms with van der Waals surface area (Å²) in [7, 11) is 0. The zero-order valence-corrected chi connectivity index (χ0v) is 9.83. The van der Waals surface area contributed by atoms with Crippen LogP contribution in [-0.2, 0) is 0 Å². The van der Waals surface area contributed by atoms with E-state index in [0.29, 0.717) is 11.1 Å². The highest BCUT2D eigenvalue weighted by atomic mass is 19.1. The van der Waals surface area contributed by atoms with E-state index in [2.05, 4.69) is 0 Å². The third-order valence-electron chi connectivity index (χ3n) is 2.69. The fraction of sp³-hybridized carbons (Fsp3) is 0.133. The molecule has 0 atom stereocenters. The van der Waals surface area contributed by atoms with Gasteiger partial charge in [-0.15, -0.1) is 0 Å². The van der Waals surface area contributed by atoms with Gasteiger partial charge in [-0.2, -0.15) is 0 Å². The van der Waals surface area contributed by atoms with Gasteiger partial charge in [-0.25, -0.2) is 4.39 Å². The lowest BCUT2D eigenvalue weighted by atomic mass is 9.96. The molecule has 0 N–H and O–H groups in total. The Balaban J connectivity index is 2.65. The molecule has 0 aliphatic carbocycles. The fourth-order valence-electron chi connectivity index (χ4n) is 1.87. The summed E-state index contributed by atoms with van der Waals surface area (Å²) >= 11 is 0. The molecule has 0 unspecified atom stereocenters. The van der Waals surface area contributed by atoms with Gasteiger partial charge in [0.15, 0.2) is 5.78 Å². The Bertz CT molecular complexity index is 573. The van der Waals surface area contributed by atoms with E-state index in [9.17, 15) is 9.18 Å². The molecule has 0 heterocycles. The second-order valence-electron chi connectivity index (χ2n) is 4.12. The van der Waals surface area contributed by atoms with Crippen molar-refractivity contribution in [2.45, 2.75) is 13.8 Å². The molecule has 17 heavy (non-hydrogen) atoms. The van der Waals surface area contributed by atoms with Gasteiger partial charge < -0.3 is 0 Å². The lowest BCUT2D eigenvalue weighted by Crippen LogP contribution is -1.97. The largest absolute Gasteiger partial charge is 0.294 e. The number of aryl methyl sites for hydroxylation is 1. The number of carbonyl (C=O) groups is 1. The van der Waals surface area contributed by atoms with Gasteiger partial charge in [0.05, 0.1) is 0 Å². The zero-order chi connectivity index (χ0) is 12.4. The van der Waals surface area contributed by atoms with Crippen LogP contribution in [0.25, 0.3) is 11.1 Å². The maximum Gasteiger partial charge on any atom is 0.160 e. The van der Waals surface area contributed by atoms with Crippen molar-refractivity contribution in [1.29, 1.82) is 0 Å². The average molecular weight is 228 g/mol. The van der Waals surface area contributed by atoms with Crippen molar-refractivity contribution in [3.63, 3.8) is 0 Å². The number of halogens is 1. The molecule has 0 radical (unpaired) electrons. The van der Waals surface area contributed by atoms with Crippen LogP contribution < -0.4 is 0 Å². The molecule has 0 aliphatic rings. The summed E-state index contributed by atoms with van der Waals surface area (Å²) in [5.41, 5.74) is 3.16. The zero-order valence-electron chi connectivity index (χ0n) is 9.83. The smallest absolute Gasteiger partial charge is 0.160 e. The lowest BCUT2D eigenvalue weighted by Gasteiger charge is -2.08. The molecule has 0 bridgehead atoms. The van der Waals surface area contributed by atoms with Crippen LogP contribution in [0.3, 0.4) is 0 Å². The van der Waals surface area contributed by atoms with Gasteiger partial charge in [0, 0.05) is 5.56 Å². The van der Waals surface area contributed by atoms with Crippen LogP contribution in [0.5, 0.6) is 0 Å². The van der Waals surface area contributed by atoms with Crippen LogP contribution in [0.15, 0.2) is 42.5 Å². The molecule has 0 fully saturated rings. The van der Waals surface area contributed by atoms with Crippen molar-refractivity contribution >= 4 is 5.78 Å². The van der Waals surface area contributed by atoms with E-state index >= 15 is 0 Å². The van der Waals surface area contributed by atoms with Gasteiger partial charge >= 0.3 is 0 Å². The van der Waals surface area contributed by atoms with Gasteiger partial charge in [0.25, 0.3) is 0 Å². The summed E-state index contributed by atoms with van der Waals surface area (Å²) in [5.74, 6) is -0.381. The Kier molecular flexibility index (Phi) is 3.05. The second kappa shape index (κ2) is 4.50. The number of carbonyl (C=O) groups excluding carboxylic acids is 1. The molecule has 2 aromatic rings. The monoisotopic (exact) mass is 228 g/mol. The summed E-state index contributed by atoms with van der Waals surface area (Å²) in [6.45, 7) is 3.46. The average Bonchev–Trinajstić information content (AvgIpc) is 2.28. The van der Waals surface area contributed by atoms with Crippen LogP contribution in [0.2, 0.25) is 0 Å². The Morgan fingerprint density at radius 3 is 2.53 bits per heavy atom. The number of rotatable bonds is 2. The van der Waals surface area contributed by atoms with E-state index < -0.39 is 0 Å². The molecule has 2 rings (SSSR count). The highest BCUT2D eigenvalue weighted by Crippen LogP contribution is 2.25. The number of ketones is 1. The van der Waals surface area contributed by atoms with Crippen molar-refractivity contribution in [1.82, 2.24) is 0 Å². The fourth-order valence-corrected chi connectivity index (χ4v) is 1.87. The van der Waals surface area contributed by atoms with Crippen LogP contribution >= 0.6 is 0 Å². The number of hydrogen-bond acceptors (Lipinski definition) is 1. The van der Waals surface area contributed by atoms with E-state index in [1.807, 2.05) is 31.2 Å². The van der Waals surface area contributed by atoms with Gasteiger partial charge in [0.1, 0.15) is 5.82 Å². The molecule has 0 aromatic heterocycles. The van der Waals surface area contributed by atoms with Gasteiger partial charge in [-0.05, 0) is 43.2 Å². The number of benzene rings is 2. The summed E-state index contributed by atoms with van der Waals surface area (Å²) in [6.07, 6.45) is 0. The third kappa shape index (κ3) is 2.41. The predicted octanol–water partition coefficient (Wildman–Crippen LogP) is 4.00. The van der Waals surface area contributed by atoms with Crippen molar-refractivity contribution in [3.05, 3.63) is 59.4 Å². The molecule has 0 saturated carbocycles. The topological polar surface area (TPSA) is 17.1 Å². The standard InChI is InChI=1S/C15H13FO/c1-10-4-3-5-12(8-10)15-9-13(16)6-7-14(15)11(2)17/h3-9H,1-2H3. The first-order chi connectivity index (χ1) is 8.08. The summed E-state index contributed by atoms with van der Waals surface area (Å²) < 4.78 is 13.3. The van der Waals surface area contributed by atoms with Crippen LogP contribution in [0.1, 0.15) is 22.8 Å². The van der Waals surface area contributed by atoms with Crippen molar-refractivity contribution in [2.75, 3.05) is 0 Å². The van der Waals surface area contributed by atoms with Gasteiger partial charge in [0.2, 0.25) is 0 Å². The molecule has 0 spiro atoms. The van der Waals surface area contributed by atoms with Crippen LogP contribution in [0, 0.1) is 12.7 Å². The maximum atomic E-state index is 13.3. The predicted molar refractivity (Wildman–Crippen MR) is 66.6 cm³/mol. The second-order valence-corrected chi connectivity index (χ2v) is 4.12. The van der Waals surface area contributed by atoms with Crippen LogP contribution in [0.4, 0.5) is 4.39 Å². The van der Waals surface area contributed by atoms with E-state index in [0.717, 1.165) is 11.1 Å². The molecule has 0 aliphatic heterocycles. The first kappa shape index (κ1) is 11.5. The molecule has 1 nitrogen and oxygen atoms in total. The Morgan fingerprint density at radius 1 is 1.12 bits per heavy atom. The summed E-state index contributed by atoms with van der Waals surface area (Å²) in [4.78, 5) is 11.5. The van der Waals surface area contributed by atoms with Gasteiger partial charge in [-0.3, -0.25) is 4.79 Å². The maximum absolute atomic E-state index is 13.3. The highest BCUT2D eigenvalue weighted by molar-refractivity contribution is 6.00. The normalized spacial score (nSPS) is 10.3. The molecular formula is C15H13FO. The number of hydrogen-bond donors (Lipinski definition) is 0. The molecule has 2 aromatic carbocycles. The van der Waals surface area contributed by atoms with E-state index in [-0.39, 0.29) is 11.6 Å². The minimum Gasteiger partial charge on any atom is -0.294 e. The number of Topliss-reactive ketones (excluding diaryl/α,β-unsaturated/α-hetero) is 1. The molecule has 0 amide bonds. The molecule has 0 saturated heterocycles. The first-order valence-corrected chi connectivity index (χ1v) is 5.45. The summed E-state index contributed by atoms with van der Waals surface area (Å²) in [5, 5.41) is 0. The van der Waals surface area contributed by atoms with Crippen LogP contribution in [-0.4, -0.2) is 5.78 Å². The Morgan fingerprint density at radius 2 is 1.88 bits per heavy atom. The first-order valence-electron chi connectivity index (χ1n) is 5.45. The van der Waals surface area contributed by atoms with E-state index in [1.54, 1.807) is 0 Å². The minimum absolute atomic E-state index is 0.0542. The minimum atomic E-state index is -0.327.